The van der Waals surface area contributed by atoms with Gasteiger partial charge in [0.05, 0.1) is 12.6 Å². The van der Waals surface area contributed by atoms with E-state index in [1.54, 1.807) is 31.4 Å². The van der Waals surface area contributed by atoms with Crippen molar-refractivity contribution in [3.63, 3.8) is 0 Å². The van der Waals surface area contributed by atoms with Gasteiger partial charge in [0.2, 0.25) is 5.91 Å². The maximum atomic E-state index is 12.1. The Morgan fingerprint density at radius 3 is 2.56 bits per heavy atom. The molecule has 0 unspecified atom stereocenters. The molecule has 1 saturated heterocycles. The summed E-state index contributed by atoms with van der Waals surface area (Å²) in [5.41, 5.74) is 2.36. The lowest BCUT2D eigenvalue weighted by molar-refractivity contribution is -0.115. The van der Waals surface area contributed by atoms with E-state index in [0.29, 0.717) is 11.3 Å². The minimum Gasteiger partial charge on any atom is -0.380 e. The Balaban J connectivity index is 1.49. The fourth-order valence-corrected chi connectivity index (χ4v) is 3.18. The molecule has 142 valence electrons. The number of anilines is 2. The molecule has 1 fully saturated rings. The van der Waals surface area contributed by atoms with Crippen LogP contribution in [0.5, 0.6) is 0 Å². The Morgan fingerprint density at radius 1 is 1.11 bits per heavy atom. The number of rotatable bonds is 6. The van der Waals surface area contributed by atoms with Crippen LogP contribution < -0.4 is 15.5 Å². The number of ether oxygens (including phenoxy) is 1. The number of amides is 2. The third kappa shape index (κ3) is 5.31. The van der Waals surface area contributed by atoms with E-state index >= 15 is 0 Å². The lowest BCUT2D eigenvalue weighted by atomic mass is 10.1. The zero-order valence-corrected chi connectivity index (χ0v) is 15.5. The van der Waals surface area contributed by atoms with Crippen molar-refractivity contribution in [2.45, 2.75) is 18.9 Å². The van der Waals surface area contributed by atoms with Crippen LogP contribution in [-0.4, -0.2) is 44.7 Å². The first-order valence-corrected chi connectivity index (χ1v) is 9.16. The molecule has 0 bridgehead atoms. The third-order valence-electron chi connectivity index (χ3n) is 4.67. The molecule has 6 nitrogen and oxygen atoms in total. The van der Waals surface area contributed by atoms with Crippen LogP contribution in [0.1, 0.15) is 23.2 Å². The molecule has 2 amide bonds. The molecule has 3 rings (SSSR count). The molecule has 1 heterocycles. The Morgan fingerprint density at radius 2 is 1.85 bits per heavy atom. The van der Waals surface area contributed by atoms with Crippen molar-refractivity contribution < 1.29 is 14.3 Å². The maximum Gasteiger partial charge on any atom is 0.251 e. The summed E-state index contributed by atoms with van der Waals surface area (Å²) in [7, 11) is 1.75. The van der Waals surface area contributed by atoms with Gasteiger partial charge in [0.15, 0.2) is 0 Å². The normalized spacial score (nSPS) is 16.6. The molecule has 0 spiro atoms. The molecule has 27 heavy (non-hydrogen) atoms. The number of nitrogens with one attached hydrogen (secondary N) is 2. The Hall–Kier alpha value is -2.86. The maximum absolute atomic E-state index is 12.1. The summed E-state index contributed by atoms with van der Waals surface area (Å²) in [6.07, 6.45) is 2.47. The highest BCUT2D eigenvalue weighted by molar-refractivity contribution is 5.99. The van der Waals surface area contributed by atoms with Crippen LogP contribution in [0.25, 0.3) is 0 Å². The quantitative estimate of drug-likeness (QED) is 0.824. The molecule has 0 saturated carbocycles. The van der Waals surface area contributed by atoms with Gasteiger partial charge in [-0.1, -0.05) is 18.2 Å². The van der Waals surface area contributed by atoms with Gasteiger partial charge >= 0.3 is 0 Å². The summed E-state index contributed by atoms with van der Waals surface area (Å²) in [6.45, 7) is 1.82. The molecule has 1 atom stereocenters. The van der Waals surface area contributed by atoms with Gasteiger partial charge in [-0.3, -0.25) is 9.59 Å². The van der Waals surface area contributed by atoms with Gasteiger partial charge in [-0.05, 0) is 49.2 Å². The van der Waals surface area contributed by atoms with E-state index < -0.39 is 0 Å². The second-order valence-electron chi connectivity index (χ2n) is 6.59. The zero-order valence-electron chi connectivity index (χ0n) is 15.5. The van der Waals surface area contributed by atoms with E-state index in [1.807, 2.05) is 30.3 Å². The van der Waals surface area contributed by atoms with Gasteiger partial charge in [-0.15, -0.1) is 0 Å². The standard InChI is InChI=1S/C21H25N3O3/c1-27-19-8-5-13-24(15-19)18-11-9-17(10-12-18)23-20(25)14-22-21(26)16-6-3-2-4-7-16/h2-4,6-7,9-12,19H,5,8,13-15H2,1H3,(H,22,26)(H,23,25)/t19-/m1/s1. The summed E-state index contributed by atoms with van der Waals surface area (Å²) in [4.78, 5) is 26.3. The highest BCUT2D eigenvalue weighted by Crippen LogP contribution is 2.22. The first-order valence-electron chi connectivity index (χ1n) is 9.16. The van der Waals surface area contributed by atoms with Crippen molar-refractivity contribution in [3.8, 4) is 0 Å². The van der Waals surface area contributed by atoms with Crippen molar-refractivity contribution in [3.05, 3.63) is 60.2 Å². The Labute approximate surface area is 159 Å². The molecule has 1 aliphatic rings. The molecule has 0 aliphatic carbocycles. The highest BCUT2D eigenvalue weighted by Gasteiger charge is 2.19. The number of carbonyl (C=O) groups is 2. The van der Waals surface area contributed by atoms with E-state index in [9.17, 15) is 9.59 Å². The molecular weight excluding hydrogens is 342 g/mol. The zero-order chi connectivity index (χ0) is 19.1. The number of methoxy groups -OCH3 is 1. The molecule has 2 N–H and O–H groups in total. The van der Waals surface area contributed by atoms with Gasteiger partial charge in [0.1, 0.15) is 0 Å². The minimum absolute atomic E-state index is 0.0723. The van der Waals surface area contributed by atoms with E-state index in [-0.39, 0.29) is 24.5 Å². The molecule has 0 radical (unpaired) electrons. The number of benzene rings is 2. The Bertz CT molecular complexity index is 762. The SMILES string of the molecule is CO[C@@H]1CCCN(c2ccc(NC(=O)CNC(=O)c3ccccc3)cc2)C1. The lowest BCUT2D eigenvalue weighted by Gasteiger charge is -2.33. The van der Waals surface area contributed by atoms with Crippen LogP contribution in [0.2, 0.25) is 0 Å². The van der Waals surface area contributed by atoms with Crippen molar-refractivity contribution in [2.24, 2.45) is 0 Å². The fraction of sp³-hybridized carbons (Fsp3) is 0.333. The van der Waals surface area contributed by atoms with Gasteiger partial charge in [-0.25, -0.2) is 0 Å². The first-order chi connectivity index (χ1) is 13.2. The second-order valence-corrected chi connectivity index (χ2v) is 6.59. The third-order valence-corrected chi connectivity index (χ3v) is 4.67. The summed E-state index contributed by atoms with van der Waals surface area (Å²) < 4.78 is 5.46. The van der Waals surface area contributed by atoms with Crippen LogP contribution in [0.3, 0.4) is 0 Å². The van der Waals surface area contributed by atoms with E-state index in [4.69, 9.17) is 4.74 Å². The number of hydrogen-bond donors (Lipinski definition) is 2. The number of nitrogens with zero attached hydrogens (tertiary/aromatic N) is 1. The van der Waals surface area contributed by atoms with Crippen molar-refractivity contribution in [1.29, 1.82) is 0 Å². The number of piperidine rings is 1. The van der Waals surface area contributed by atoms with Crippen molar-refractivity contribution in [2.75, 3.05) is 37.0 Å². The monoisotopic (exact) mass is 367 g/mol. The van der Waals surface area contributed by atoms with E-state index in [0.717, 1.165) is 31.6 Å². The topological polar surface area (TPSA) is 70.7 Å². The van der Waals surface area contributed by atoms with Gasteiger partial charge < -0.3 is 20.3 Å². The minimum atomic E-state index is -0.265. The summed E-state index contributed by atoms with van der Waals surface area (Å²) >= 11 is 0. The molecule has 0 aromatic heterocycles. The van der Waals surface area contributed by atoms with Crippen LogP contribution >= 0.6 is 0 Å². The van der Waals surface area contributed by atoms with Crippen LogP contribution in [-0.2, 0) is 9.53 Å². The van der Waals surface area contributed by atoms with E-state index in [1.165, 1.54) is 0 Å². The van der Waals surface area contributed by atoms with Gasteiger partial charge in [0.25, 0.3) is 5.91 Å². The summed E-state index contributed by atoms with van der Waals surface area (Å²) in [5, 5.41) is 5.42. The summed E-state index contributed by atoms with van der Waals surface area (Å²) in [6, 6.07) is 16.6. The molecule has 1 aliphatic heterocycles. The average Bonchev–Trinajstić information content (AvgIpc) is 2.73. The second kappa shape index (κ2) is 9.19. The van der Waals surface area contributed by atoms with Crippen molar-refractivity contribution >= 4 is 23.2 Å². The fourth-order valence-electron chi connectivity index (χ4n) is 3.18. The molecular formula is C21H25N3O3. The van der Waals surface area contributed by atoms with Gasteiger partial charge in [-0.2, -0.15) is 0 Å². The van der Waals surface area contributed by atoms with Crippen LogP contribution in [0.15, 0.2) is 54.6 Å². The summed E-state index contributed by atoms with van der Waals surface area (Å²) in [5.74, 6) is -0.525. The largest absolute Gasteiger partial charge is 0.380 e. The van der Waals surface area contributed by atoms with Gasteiger partial charge in [0, 0.05) is 37.1 Å². The number of carbonyl (C=O) groups excluding carboxylic acids is 2. The number of hydrogen-bond acceptors (Lipinski definition) is 4. The molecule has 2 aromatic rings. The van der Waals surface area contributed by atoms with Crippen LogP contribution in [0.4, 0.5) is 11.4 Å². The lowest BCUT2D eigenvalue weighted by Crippen LogP contribution is -2.39. The highest BCUT2D eigenvalue weighted by atomic mass is 16.5. The predicted molar refractivity (Wildman–Crippen MR) is 106 cm³/mol. The molecule has 6 heteroatoms. The smallest absolute Gasteiger partial charge is 0.251 e. The van der Waals surface area contributed by atoms with Crippen molar-refractivity contribution in [1.82, 2.24) is 5.32 Å². The predicted octanol–water partition coefficient (Wildman–Crippen LogP) is 2.67. The average molecular weight is 367 g/mol. The van der Waals surface area contributed by atoms with E-state index in [2.05, 4.69) is 15.5 Å². The van der Waals surface area contributed by atoms with Crippen LogP contribution in [0, 0.1) is 0 Å². The first kappa shape index (κ1) is 18.9. The Kier molecular flexibility index (Phi) is 6.44. The molecule has 2 aromatic carbocycles.